The molecular formula is C11H16BrN3. The second kappa shape index (κ2) is 4.47. The predicted octanol–water partition coefficient (Wildman–Crippen LogP) is 2.80. The summed E-state index contributed by atoms with van der Waals surface area (Å²) < 4.78 is 1.01. The maximum Gasteiger partial charge on any atom is 0.144 e. The first kappa shape index (κ1) is 10.9. The molecule has 1 N–H and O–H groups in total. The first-order valence-electron chi connectivity index (χ1n) is 5.47. The first-order valence-corrected chi connectivity index (χ1v) is 6.27. The summed E-state index contributed by atoms with van der Waals surface area (Å²) in [5.41, 5.74) is 1.10. The molecular weight excluding hydrogens is 254 g/mol. The van der Waals surface area contributed by atoms with Gasteiger partial charge in [0.15, 0.2) is 0 Å². The van der Waals surface area contributed by atoms with E-state index < -0.39 is 0 Å². The van der Waals surface area contributed by atoms with E-state index in [-0.39, 0.29) is 0 Å². The molecule has 2 rings (SSSR count). The number of hydrogen-bond acceptors (Lipinski definition) is 3. The minimum absolute atomic E-state index is 0.834. The Labute approximate surface area is 98.8 Å². The highest BCUT2D eigenvalue weighted by Crippen LogP contribution is 2.33. The van der Waals surface area contributed by atoms with Crippen molar-refractivity contribution < 1.29 is 0 Å². The number of nitrogens with one attached hydrogen (secondary N) is 1. The Balaban J connectivity index is 2.29. The van der Waals surface area contributed by atoms with Gasteiger partial charge in [0.25, 0.3) is 0 Å². The van der Waals surface area contributed by atoms with E-state index in [2.05, 4.69) is 38.1 Å². The zero-order chi connectivity index (χ0) is 10.8. The van der Waals surface area contributed by atoms with Gasteiger partial charge in [-0.05, 0) is 41.1 Å². The van der Waals surface area contributed by atoms with Crippen LogP contribution in [0.4, 0.5) is 5.82 Å². The van der Waals surface area contributed by atoms with E-state index in [1.54, 1.807) is 0 Å². The fourth-order valence-corrected chi connectivity index (χ4v) is 2.27. The minimum atomic E-state index is 0.834. The fraction of sp³-hybridized carbons (Fsp3) is 0.636. The van der Waals surface area contributed by atoms with Gasteiger partial charge in [-0.25, -0.2) is 9.97 Å². The molecule has 0 amide bonds. The van der Waals surface area contributed by atoms with Gasteiger partial charge in [-0.3, -0.25) is 0 Å². The van der Waals surface area contributed by atoms with E-state index in [9.17, 15) is 0 Å². The standard InChI is InChI=1S/C11H16BrN3/c1-3-8-10(12)11(13-2)15-9(14-8)6-7-4-5-7/h7H,3-6H2,1-2H3,(H,13,14,15). The van der Waals surface area contributed by atoms with E-state index >= 15 is 0 Å². The number of rotatable bonds is 4. The Kier molecular flexibility index (Phi) is 3.24. The lowest BCUT2D eigenvalue weighted by molar-refractivity contribution is 0.757. The van der Waals surface area contributed by atoms with Crippen LogP contribution in [0.3, 0.4) is 0 Å². The molecule has 1 aliphatic rings. The van der Waals surface area contributed by atoms with Crippen molar-refractivity contribution >= 4 is 21.7 Å². The molecule has 0 aromatic carbocycles. The lowest BCUT2D eigenvalue weighted by Gasteiger charge is -2.09. The molecule has 0 saturated heterocycles. The van der Waals surface area contributed by atoms with Crippen LogP contribution >= 0.6 is 15.9 Å². The summed E-state index contributed by atoms with van der Waals surface area (Å²) in [6.07, 6.45) is 4.66. The third kappa shape index (κ3) is 2.48. The van der Waals surface area contributed by atoms with Crippen LogP contribution in [-0.4, -0.2) is 17.0 Å². The average molecular weight is 270 g/mol. The van der Waals surface area contributed by atoms with Gasteiger partial charge in [0.1, 0.15) is 11.6 Å². The highest BCUT2D eigenvalue weighted by Gasteiger charge is 2.23. The van der Waals surface area contributed by atoms with Crippen LogP contribution in [0, 0.1) is 5.92 Å². The molecule has 3 nitrogen and oxygen atoms in total. The Morgan fingerprint density at radius 3 is 2.67 bits per heavy atom. The minimum Gasteiger partial charge on any atom is -0.372 e. The average Bonchev–Trinajstić information content (AvgIpc) is 3.04. The quantitative estimate of drug-likeness (QED) is 0.914. The largest absolute Gasteiger partial charge is 0.372 e. The summed E-state index contributed by atoms with van der Waals surface area (Å²) in [4.78, 5) is 9.09. The van der Waals surface area contributed by atoms with Crippen LogP contribution in [0.25, 0.3) is 0 Å². The monoisotopic (exact) mass is 269 g/mol. The smallest absolute Gasteiger partial charge is 0.144 e. The number of nitrogens with zero attached hydrogens (tertiary/aromatic N) is 2. The molecule has 1 heterocycles. The van der Waals surface area contributed by atoms with E-state index in [4.69, 9.17) is 0 Å². The molecule has 0 radical (unpaired) electrons. The van der Waals surface area contributed by atoms with Crippen molar-refractivity contribution in [2.75, 3.05) is 12.4 Å². The summed E-state index contributed by atoms with van der Waals surface area (Å²) in [5.74, 6) is 2.74. The second-order valence-corrected chi connectivity index (χ2v) is 4.79. The molecule has 0 aliphatic heterocycles. The van der Waals surface area contributed by atoms with E-state index in [0.29, 0.717) is 0 Å². The lowest BCUT2D eigenvalue weighted by atomic mass is 10.2. The lowest BCUT2D eigenvalue weighted by Crippen LogP contribution is -2.06. The fourth-order valence-electron chi connectivity index (χ4n) is 1.62. The highest BCUT2D eigenvalue weighted by atomic mass is 79.9. The molecule has 15 heavy (non-hydrogen) atoms. The van der Waals surface area contributed by atoms with E-state index in [1.807, 2.05) is 7.05 Å². The van der Waals surface area contributed by atoms with Crippen molar-refractivity contribution in [3.63, 3.8) is 0 Å². The van der Waals surface area contributed by atoms with Crippen molar-refractivity contribution in [2.45, 2.75) is 32.6 Å². The van der Waals surface area contributed by atoms with Gasteiger partial charge in [-0.2, -0.15) is 0 Å². The van der Waals surface area contributed by atoms with Crippen molar-refractivity contribution in [2.24, 2.45) is 5.92 Å². The summed E-state index contributed by atoms with van der Waals surface area (Å²) in [5, 5.41) is 3.11. The summed E-state index contributed by atoms with van der Waals surface area (Å²) in [6.45, 7) is 2.12. The van der Waals surface area contributed by atoms with Gasteiger partial charge in [0.2, 0.25) is 0 Å². The zero-order valence-electron chi connectivity index (χ0n) is 9.18. The maximum absolute atomic E-state index is 4.58. The first-order chi connectivity index (χ1) is 7.24. The maximum atomic E-state index is 4.58. The van der Waals surface area contributed by atoms with Gasteiger partial charge in [0.05, 0.1) is 10.2 Å². The van der Waals surface area contributed by atoms with Gasteiger partial charge in [-0.15, -0.1) is 0 Å². The van der Waals surface area contributed by atoms with Crippen molar-refractivity contribution in [3.8, 4) is 0 Å². The molecule has 0 spiro atoms. The Morgan fingerprint density at radius 1 is 1.40 bits per heavy atom. The van der Waals surface area contributed by atoms with Gasteiger partial charge in [-0.1, -0.05) is 6.92 Å². The number of aryl methyl sites for hydroxylation is 1. The zero-order valence-corrected chi connectivity index (χ0v) is 10.8. The summed E-state index contributed by atoms with van der Waals surface area (Å²) in [6, 6.07) is 0. The van der Waals surface area contributed by atoms with Gasteiger partial charge in [0, 0.05) is 13.5 Å². The molecule has 1 aromatic rings. The van der Waals surface area contributed by atoms with Gasteiger partial charge >= 0.3 is 0 Å². The third-order valence-corrected chi connectivity index (χ3v) is 3.54. The number of aromatic nitrogens is 2. The van der Waals surface area contributed by atoms with Crippen LogP contribution in [0.5, 0.6) is 0 Å². The summed E-state index contributed by atoms with van der Waals surface area (Å²) >= 11 is 3.53. The topological polar surface area (TPSA) is 37.8 Å². The number of hydrogen-bond donors (Lipinski definition) is 1. The van der Waals surface area contributed by atoms with E-state index in [1.165, 1.54) is 12.8 Å². The normalized spacial score (nSPS) is 15.4. The van der Waals surface area contributed by atoms with Crippen LogP contribution in [0.2, 0.25) is 0 Å². The van der Waals surface area contributed by atoms with Crippen LogP contribution < -0.4 is 5.32 Å². The van der Waals surface area contributed by atoms with E-state index in [0.717, 1.165) is 40.6 Å². The Morgan fingerprint density at radius 2 is 2.13 bits per heavy atom. The number of halogens is 1. The van der Waals surface area contributed by atoms with Crippen molar-refractivity contribution in [1.82, 2.24) is 9.97 Å². The molecule has 1 aromatic heterocycles. The molecule has 1 aliphatic carbocycles. The molecule has 0 atom stereocenters. The predicted molar refractivity (Wildman–Crippen MR) is 65.1 cm³/mol. The molecule has 1 saturated carbocycles. The third-order valence-electron chi connectivity index (χ3n) is 2.71. The molecule has 0 bridgehead atoms. The summed E-state index contributed by atoms with van der Waals surface area (Å²) in [7, 11) is 1.90. The van der Waals surface area contributed by atoms with Crippen LogP contribution in [-0.2, 0) is 12.8 Å². The van der Waals surface area contributed by atoms with Crippen LogP contribution in [0.15, 0.2) is 4.47 Å². The van der Waals surface area contributed by atoms with Gasteiger partial charge < -0.3 is 5.32 Å². The molecule has 4 heteroatoms. The number of anilines is 1. The van der Waals surface area contributed by atoms with Crippen LogP contribution in [0.1, 0.15) is 31.3 Å². The second-order valence-electron chi connectivity index (χ2n) is 4.00. The molecule has 82 valence electrons. The molecule has 1 fully saturated rings. The Hall–Kier alpha value is -0.640. The SMILES string of the molecule is CCc1nc(CC2CC2)nc(NC)c1Br. The van der Waals surface area contributed by atoms with Crippen molar-refractivity contribution in [3.05, 3.63) is 16.0 Å². The van der Waals surface area contributed by atoms with Crippen molar-refractivity contribution in [1.29, 1.82) is 0 Å². The highest BCUT2D eigenvalue weighted by molar-refractivity contribution is 9.10. The molecule has 0 unspecified atom stereocenters. The Bertz CT molecular complexity index is 336.